The molecule has 0 radical (unpaired) electrons. The van der Waals surface area contributed by atoms with Gasteiger partial charge in [0.05, 0.1) is 0 Å². The van der Waals surface area contributed by atoms with Gasteiger partial charge in [-0.15, -0.1) is 0 Å². The standard InChI is InChI=1S/C4H9NO.I2/c1-3-5(2)4-6;1-2/h4H,3H2,1-2H3;. The molecule has 0 rings (SSSR count). The molecule has 0 N–H and O–H groups in total. The van der Waals surface area contributed by atoms with E-state index in [4.69, 9.17) is 0 Å². The highest BCUT2D eigenvalue weighted by molar-refractivity contribution is 15.0. The summed E-state index contributed by atoms with van der Waals surface area (Å²) in [6, 6.07) is 0. The Balaban J connectivity index is 0. The second-order valence-electron chi connectivity index (χ2n) is 1.18. The first-order chi connectivity index (χ1) is 3.81. The smallest absolute Gasteiger partial charge is 0.209 e. The first kappa shape index (κ1) is 11.7. The molecule has 4 heteroatoms. The zero-order valence-corrected chi connectivity index (χ0v) is 9.21. The third-order valence-electron chi connectivity index (χ3n) is 0.679. The minimum Gasteiger partial charge on any atom is -0.349 e. The Morgan fingerprint density at radius 2 is 2.00 bits per heavy atom. The van der Waals surface area contributed by atoms with Crippen molar-refractivity contribution in [2.45, 2.75) is 6.92 Å². The SMILES string of the molecule is CCN(C)C=O.II. The van der Waals surface area contributed by atoms with E-state index in [9.17, 15) is 4.79 Å². The summed E-state index contributed by atoms with van der Waals surface area (Å²) in [7, 11) is 1.74. The highest BCUT2D eigenvalue weighted by Gasteiger charge is 1.79. The maximum atomic E-state index is 9.66. The molecule has 0 spiro atoms. The van der Waals surface area contributed by atoms with Gasteiger partial charge in [-0.2, -0.15) is 0 Å². The van der Waals surface area contributed by atoms with Gasteiger partial charge in [0.1, 0.15) is 0 Å². The number of carbonyl (C=O) groups excluding carboxylic acids is 1. The summed E-state index contributed by atoms with van der Waals surface area (Å²) in [5.74, 6) is 0. The molecule has 2 nitrogen and oxygen atoms in total. The Labute approximate surface area is 73.3 Å². The second-order valence-corrected chi connectivity index (χ2v) is 1.18. The van der Waals surface area contributed by atoms with Crippen LogP contribution in [0, 0.1) is 0 Å². The molecule has 1 amide bonds. The van der Waals surface area contributed by atoms with Crippen molar-refractivity contribution in [3.8, 4) is 0 Å². The van der Waals surface area contributed by atoms with Crippen molar-refractivity contribution in [2.75, 3.05) is 13.6 Å². The van der Waals surface area contributed by atoms with Gasteiger partial charge in [0, 0.05) is 50.8 Å². The average molecular weight is 341 g/mol. The van der Waals surface area contributed by atoms with Crippen molar-refractivity contribution >= 4 is 43.6 Å². The lowest BCUT2D eigenvalue weighted by molar-refractivity contribution is -0.116. The first-order valence-corrected chi connectivity index (χ1v) is 8.39. The number of rotatable bonds is 2. The summed E-state index contributed by atoms with van der Waals surface area (Å²) < 4.78 is 0. The van der Waals surface area contributed by atoms with Gasteiger partial charge in [0.25, 0.3) is 0 Å². The highest BCUT2D eigenvalue weighted by atomic mass is 128. The fraction of sp³-hybridized carbons (Fsp3) is 0.750. The Kier molecular flexibility index (Phi) is 15.8. The molecule has 0 aliphatic heterocycles. The first-order valence-electron chi connectivity index (χ1n) is 2.11. The summed E-state index contributed by atoms with van der Waals surface area (Å²) >= 11 is 4.24. The molecule has 0 heterocycles. The van der Waals surface area contributed by atoms with Crippen molar-refractivity contribution in [2.24, 2.45) is 0 Å². The maximum absolute atomic E-state index is 9.66. The second kappa shape index (κ2) is 10.8. The number of carbonyl (C=O) groups is 1. The topological polar surface area (TPSA) is 20.3 Å². The highest BCUT2D eigenvalue weighted by Crippen LogP contribution is 1.89. The molecule has 0 bridgehead atoms. The molecule has 0 aromatic carbocycles. The quantitative estimate of drug-likeness (QED) is 0.555. The molecule has 0 aliphatic rings. The van der Waals surface area contributed by atoms with Crippen molar-refractivity contribution in [3.05, 3.63) is 0 Å². The summed E-state index contributed by atoms with van der Waals surface area (Å²) in [4.78, 5) is 11.2. The van der Waals surface area contributed by atoms with Crippen LogP contribution in [0.3, 0.4) is 0 Å². The predicted octanol–water partition coefficient (Wildman–Crippen LogP) is 1.87. The van der Waals surface area contributed by atoms with Crippen LogP contribution in [0.25, 0.3) is 0 Å². The average Bonchev–Trinajstić information content (AvgIpc) is 1.91. The molecule has 0 aromatic rings. The van der Waals surface area contributed by atoms with Crippen LogP contribution in [0.4, 0.5) is 0 Å². The van der Waals surface area contributed by atoms with Crippen molar-refractivity contribution < 1.29 is 4.79 Å². The number of amides is 1. The largest absolute Gasteiger partial charge is 0.349 e. The molecule has 0 fully saturated rings. The number of halogens is 2. The third-order valence-corrected chi connectivity index (χ3v) is 0.679. The molecule has 0 saturated carbocycles. The van der Waals surface area contributed by atoms with Gasteiger partial charge in [0.15, 0.2) is 0 Å². The fourth-order valence-electron chi connectivity index (χ4n) is 0.0745. The van der Waals surface area contributed by atoms with E-state index in [2.05, 4.69) is 37.2 Å². The number of hydrogen-bond donors (Lipinski definition) is 0. The van der Waals surface area contributed by atoms with E-state index in [0.29, 0.717) is 0 Å². The Hall–Kier alpha value is 0.930. The Bertz CT molecular complexity index is 51.3. The molecule has 50 valence electrons. The number of nitrogens with zero attached hydrogens (tertiary/aromatic N) is 1. The van der Waals surface area contributed by atoms with Crippen molar-refractivity contribution in [1.82, 2.24) is 4.90 Å². The molecular formula is C4H9I2NO. The van der Waals surface area contributed by atoms with Gasteiger partial charge in [-0.3, -0.25) is 4.79 Å². The Morgan fingerprint density at radius 3 is 2.00 bits per heavy atom. The van der Waals surface area contributed by atoms with Crippen molar-refractivity contribution in [3.63, 3.8) is 0 Å². The van der Waals surface area contributed by atoms with Crippen LogP contribution in [0.2, 0.25) is 0 Å². The van der Waals surface area contributed by atoms with Crippen LogP contribution >= 0.6 is 37.2 Å². The lowest BCUT2D eigenvalue weighted by Crippen LogP contribution is -2.13. The summed E-state index contributed by atoms with van der Waals surface area (Å²) in [6.45, 7) is 2.72. The van der Waals surface area contributed by atoms with Gasteiger partial charge in [-0.1, -0.05) is 0 Å². The van der Waals surface area contributed by atoms with E-state index in [-0.39, 0.29) is 0 Å². The minimum absolute atomic E-state index is 0.795. The van der Waals surface area contributed by atoms with E-state index < -0.39 is 0 Å². The van der Waals surface area contributed by atoms with Crippen LogP contribution in [0.15, 0.2) is 0 Å². The van der Waals surface area contributed by atoms with Gasteiger partial charge in [0.2, 0.25) is 6.41 Å². The zero-order valence-electron chi connectivity index (χ0n) is 4.90. The third kappa shape index (κ3) is 10.0. The van der Waals surface area contributed by atoms with Crippen molar-refractivity contribution in [1.29, 1.82) is 0 Å². The Morgan fingerprint density at radius 1 is 1.62 bits per heavy atom. The molecule has 0 saturated heterocycles. The van der Waals surface area contributed by atoms with Crippen LogP contribution in [-0.2, 0) is 4.79 Å². The normalized spacial score (nSPS) is 6.50. The van der Waals surface area contributed by atoms with E-state index in [1.165, 1.54) is 0 Å². The molecular weight excluding hydrogens is 332 g/mol. The maximum Gasteiger partial charge on any atom is 0.209 e. The van der Waals surface area contributed by atoms with E-state index >= 15 is 0 Å². The van der Waals surface area contributed by atoms with E-state index in [1.807, 2.05) is 6.92 Å². The van der Waals surface area contributed by atoms with Crippen LogP contribution in [0.5, 0.6) is 0 Å². The molecule has 0 unspecified atom stereocenters. The zero-order chi connectivity index (χ0) is 6.99. The van der Waals surface area contributed by atoms with Gasteiger partial charge in [-0.05, 0) is 6.92 Å². The van der Waals surface area contributed by atoms with Crippen LogP contribution in [0.1, 0.15) is 6.92 Å². The summed E-state index contributed by atoms with van der Waals surface area (Å²) in [5.41, 5.74) is 0. The van der Waals surface area contributed by atoms with Gasteiger partial charge < -0.3 is 4.90 Å². The number of hydrogen-bond acceptors (Lipinski definition) is 1. The summed E-state index contributed by atoms with van der Waals surface area (Å²) in [6.07, 6.45) is 0.806. The molecule has 0 aliphatic carbocycles. The molecule has 0 aromatic heterocycles. The van der Waals surface area contributed by atoms with E-state index in [1.54, 1.807) is 11.9 Å². The fourth-order valence-corrected chi connectivity index (χ4v) is 0.0745. The summed E-state index contributed by atoms with van der Waals surface area (Å²) in [5, 5.41) is 0. The lowest BCUT2D eigenvalue weighted by atomic mass is 10.7. The predicted molar refractivity (Wildman–Crippen MR) is 52.4 cm³/mol. The monoisotopic (exact) mass is 341 g/mol. The minimum atomic E-state index is 0.795. The van der Waals surface area contributed by atoms with Crippen LogP contribution in [-0.4, -0.2) is 24.9 Å². The van der Waals surface area contributed by atoms with Gasteiger partial charge >= 0.3 is 0 Å². The molecule has 8 heavy (non-hydrogen) atoms. The van der Waals surface area contributed by atoms with Gasteiger partial charge in [-0.25, -0.2) is 0 Å². The molecule has 0 atom stereocenters. The van der Waals surface area contributed by atoms with Crippen LogP contribution < -0.4 is 0 Å². The van der Waals surface area contributed by atoms with E-state index in [0.717, 1.165) is 13.0 Å². The lowest BCUT2D eigenvalue weighted by Gasteiger charge is -2.01.